The van der Waals surface area contributed by atoms with Gasteiger partial charge >= 0.3 is 0 Å². The predicted octanol–water partition coefficient (Wildman–Crippen LogP) is 3.67. The van der Waals surface area contributed by atoms with E-state index in [2.05, 4.69) is 0 Å². The van der Waals surface area contributed by atoms with Gasteiger partial charge in [0.05, 0.1) is 39.9 Å². The number of halogens is 1. The topological polar surface area (TPSA) is 81.2 Å². The number of carbonyl (C=O) groups excluding carboxylic acids is 3. The molecule has 1 aromatic rings. The van der Waals surface area contributed by atoms with Crippen LogP contribution in [-0.4, -0.2) is 80.9 Å². The summed E-state index contributed by atoms with van der Waals surface area (Å²) in [7, 11) is 1.76. The summed E-state index contributed by atoms with van der Waals surface area (Å²) in [4.78, 5) is 48.0. The van der Waals surface area contributed by atoms with Gasteiger partial charge in [-0.25, -0.2) is 0 Å². The molecule has 0 saturated carbocycles. The molecule has 1 spiro atoms. The number of anilines is 1. The molecule has 7 nitrogen and oxygen atoms in total. The number of hydrogen-bond donors (Lipinski definition) is 1. The van der Waals surface area contributed by atoms with Crippen LogP contribution in [0.15, 0.2) is 42.5 Å². The number of amides is 3. The Morgan fingerprint density at radius 3 is 2.47 bits per heavy atom. The molecule has 2 fully saturated rings. The van der Waals surface area contributed by atoms with Gasteiger partial charge in [0.1, 0.15) is 6.04 Å². The third-order valence-electron chi connectivity index (χ3n) is 9.00. The lowest BCUT2D eigenvalue weighted by atomic mass is 9.74. The molecule has 0 radical (unpaired) electrons. The van der Waals surface area contributed by atoms with E-state index in [4.69, 9.17) is 11.6 Å². The minimum Gasteiger partial charge on any atom is -0.394 e. The second-order valence-electron chi connectivity index (χ2n) is 11.3. The van der Waals surface area contributed by atoms with Crippen LogP contribution in [0.2, 0.25) is 5.02 Å². The van der Waals surface area contributed by atoms with E-state index in [0.717, 1.165) is 12.0 Å². The molecule has 0 aromatic heterocycles. The summed E-state index contributed by atoms with van der Waals surface area (Å²) in [6.07, 6.45) is 8.71. The highest BCUT2D eigenvalue weighted by Gasteiger charge is 2.74. The maximum Gasteiger partial charge on any atom is 0.251 e. The lowest BCUT2D eigenvalue weighted by Gasteiger charge is -2.41. The number of fused-ring (bicyclic) bond motifs is 2. The van der Waals surface area contributed by atoms with Gasteiger partial charge in [0.2, 0.25) is 11.8 Å². The molecule has 4 aliphatic heterocycles. The Balaban J connectivity index is 1.72. The number of hydrogen-bond acceptors (Lipinski definition) is 5. The van der Waals surface area contributed by atoms with E-state index >= 15 is 0 Å². The van der Waals surface area contributed by atoms with E-state index in [1.54, 1.807) is 39.6 Å². The lowest BCUT2D eigenvalue weighted by Crippen LogP contribution is -2.58. The minimum atomic E-state index is -0.962. The van der Waals surface area contributed by atoms with Crippen LogP contribution in [0.25, 0.3) is 0 Å². The van der Waals surface area contributed by atoms with Crippen molar-refractivity contribution in [3.8, 4) is 0 Å². The fourth-order valence-corrected chi connectivity index (χ4v) is 9.39. The summed E-state index contributed by atoms with van der Waals surface area (Å²) in [5, 5.41) is 11.0. The van der Waals surface area contributed by atoms with E-state index < -0.39 is 33.4 Å². The third kappa shape index (κ3) is 3.78. The van der Waals surface area contributed by atoms with Gasteiger partial charge in [-0.1, -0.05) is 68.3 Å². The maximum absolute atomic E-state index is 14.7. The molecule has 2 saturated heterocycles. The zero-order valence-corrected chi connectivity index (χ0v) is 24.1. The molecular formula is C29H36ClN3O4S. The normalized spacial score (nSPS) is 34.1. The smallest absolute Gasteiger partial charge is 0.251 e. The predicted molar refractivity (Wildman–Crippen MR) is 151 cm³/mol. The van der Waals surface area contributed by atoms with Gasteiger partial charge in [0.15, 0.2) is 0 Å². The van der Waals surface area contributed by atoms with Crippen LogP contribution >= 0.6 is 23.4 Å². The van der Waals surface area contributed by atoms with Crippen molar-refractivity contribution in [3.05, 3.63) is 53.1 Å². The van der Waals surface area contributed by atoms with Gasteiger partial charge in [-0.3, -0.25) is 14.4 Å². The first-order valence-corrected chi connectivity index (χ1v) is 14.5. The first-order chi connectivity index (χ1) is 18.0. The van der Waals surface area contributed by atoms with E-state index in [-0.39, 0.29) is 30.2 Å². The van der Waals surface area contributed by atoms with E-state index in [1.165, 1.54) is 0 Å². The molecule has 1 aromatic carbocycles. The summed E-state index contributed by atoms with van der Waals surface area (Å²) in [5.74, 6) is -1.96. The summed E-state index contributed by atoms with van der Waals surface area (Å²) in [6.45, 7) is 8.45. The molecule has 4 heterocycles. The molecule has 0 aliphatic carbocycles. The van der Waals surface area contributed by atoms with Crippen molar-refractivity contribution in [2.75, 3.05) is 31.6 Å². The molecule has 1 unspecified atom stereocenters. The Hall–Kier alpha value is -2.29. The number of aliphatic hydroxyl groups excluding tert-OH is 1. The number of thioether (sulfide) groups is 1. The zero-order chi connectivity index (χ0) is 27.6. The van der Waals surface area contributed by atoms with Crippen molar-refractivity contribution < 1.29 is 19.5 Å². The van der Waals surface area contributed by atoms with Crippen LogP contribution in [0, 0.1) is 24.7 Å². The van der Waals surface area contributed by atoms with Crippen LogP contribution in [0.4, 0.5) is 5.69 Å². The molecule has 38 heavy (non-hydrogen) atoms. The highest BCUT2D eigenvalue weighted by molar-refractivity contribution is 8.02. The number of aliphatic hydroxyl groups is 1. The number of para-hydroxylation sites is 1. The van der Waals surface area contributed by atoms with Crippen LogP contribution in [0.3, 0.4) is 0 Å². The number of aryl methyl sites for hydroxylation is 1. The van der Waals surface area contributed by atoms with E-state index in [1.807, 2.05) is 64.1 Å². The van der Waals surface area contributed by atoms with Crippen LogP contribution in [0.1, 0.15) is 32.8 Å². The van der Waals surface area contributed by atoms with Crippen LogP contribution in [0.5, 0.6) is 0 Å². The van der Waals surface area contributed by atoms with Crippen molar-refractivity contribution in [1.82, 2.24) is 9.80 Å². The van der Waals surface area contributed by atoms with Gasteiger partial charge < -0.3 is 19.8 Å². The summed E-state index contributed by atoms with van der Waals surface area (Å²) < 4.78 is -1.62. The van der Waals surface area contributed by atoms with Gasteiger partial charge in [0, 0.05) is 24.9 Å². The second-order valence-corrected chi connectivity index (χ2v) is 13.5. The average Bonchev–Trinajstić information content (AvgIpc) is 3.15. The highest BCUT2D eigenvalue weighted by atomic mass is 35.5. The molecule has 7 atom stereocenters. The van der Waals surface area contributed by atoms with E-state index in [0.29, 0.717) is 23.8 Å². The second kappa shape index (κ2) is 9.72. The van der Waals surface area contributed by atoms with Gasteiger partial charge in [-0.15, -0.1) is 11.8 Å². The average molecular weight is 558 g/mol. The molecule has 204 valence electrons. The van der Waals surface area contributed by atoms with Gasteiger partial charge in [-0.05, 0) is 31.4 Å². The molecule has 1 N–H and O–H groups in total. The molecule has 3 amide bonds. The number of likely N-dealkylation sites (N-methyl/N-ethyl adjacent to an activating group) is 1. The van der Waals surface area contributed by atoms with E-state index in [9.17, 15) is 19.5 Å². The van der Waals surface area contributed by atoms with Crippen molar-refractivity contribution in [3.63, 3.8) is 0 Å². The van der Waals surface area contributed by atoms with Crippen molar-refractivity contribution >= 4 is 46.8 Å². The van der Waals surface area contributed by atoms with Gasteiger partial charge in [0.25, 0.3) is 5.91 Å². The Labute approximate surface area is 233 Å². The van der Waals surface area contributed by atoms with Crippen LogP contribution < -0.4 is 4.90 Å². The van der Waals surface area contributed by atoms with Crippen molar-refractivity contribution in [2.24, 2.45) is 17.8 Å². The minimum absolute atomic E-state index is 0.0425. The summed E-state index contributed by atoms with van der Waals surface area (Å²) in [5.41, 5.74) is 1.49. The monoisotopic (exact) mass is 557 g/mol. The number of nitrogens with zero attached hydrogens (tertiary/aromatic N) is 3. The standard InChI is InChI=1S/C29H36ClN3O4S/c1-6-17(2)20(16-34)33-24-27(37)32(23-18(3)10-7-11-19(23)30)15-9-13-29(24)22(26(33)36)21-25(35)31(5)14-8-12-28(21,4)38-29/h7-13,17,20-22,24,34H,6,14-16H2,1-5H3/t17-,20-,21+,22-,24?,28-,29-/m0/s1. The molecule has 5 rings (SSSR count). The first kappa shape index (κ1) is 27.3. The molecular weight excluding hydrogens is 522 g/mol. The highest BCUT2D eigenvalue weighted by Crippen LogP contribution is 2.66. The molecule has 0 bridgehead atoms. The number of carbonyl (C=O) groups is 3. The quantitative estimate of drug-likeness (QED) is 0.559. The Morgan fingerprint density at radius 2 is 1.82 bits per heavy atom. The fourth-order valence-electron chi connectivity index (χ4n) is 6.92. The zero-order valence-electron chi connectivity index (χ0n) is 22.6. The maximum atomic E-state index is 14.7. The first-order valence-electron chi connectivity index (χ1n) is 13.3. The number of benzene rings is 1. The SMILES string of the molecule is CC[C@H](C)[C@H](CO)N1C(=O)[C@@H]2[C@@H]3C(=O)N(C)CC=C[C@]3(C)S[C@@]23C=CCN(c2c(C)cccc2Cl)C(=O)C13. The fraction of sp³-hybridized carbons (Fsp3) is 0.552. The molecule has 9 heteroatoms. The largest absolute Gasteiger partial charge is 0.394 e. The number of rotatable bonds is 5. The number of likely N-dealkylation sites (tertiary alicyclic amines) is 1. The Morgan fingerprint density at radius 1 is 1.11 bits per heavy atom. The van der Waals surface area contributed by atoms with Crippen molar-refractivity contribution in [2.45, 2.75) is 55.7 Å². The summed E-state index contributed by atoms with van der Waals surface area (Å²) in [6, 6.07) is 4.09. The Bertz CT molecular complexity index is 1220. The van der Waals surface area contributed by atoms with Crippen molar-refractivity contribution in [1.29, 1.82) is 0 Å². The van der Waals surface area contributed by atoms with Gasteiger partial charge in [-0.2, -0.15) is 0 Å². The van der Waals surface area contributed by atoms with Crippen LogP contribution in [-0.2, 0) is 14.4 Å². The lowest BCUT2D eigenvalue weighted by molar-refractivity contribution is -0.145. The Kier molecular flexibility index (Phi) is 6.98. The molecule has 4 aliphatic rings. The third-order valence-corrected chi connectivity index (χ3v) is 11.1. The summed E-state index contributed by atoms with van der Waals surface area (Å²) >= 11 is 8.18.